The third kappa shape index (κ3) is 5.61. The van der Waals surface area contributed by atoms with E-state index in [0.717, 1.165) is 10.1 Å². The molecule has 0 radical (unpaired) electrons. The molecule has 0 spiro atoms. The first-order valence-corrected chi connectivity index (χ1v) is 15.4. The van der Waals surface area contributed by atoms with Crippen LogP contribution in [0.4, 0.5) is 0 Å². The van der Waals surface area contributed by atoms with Gasteiger partial charge < -0.3 is 10.2 Å². The monoisotopic (exact) mass is 568 g/mol. The Morgan fingerprint density at radius 2 is 1.95 bits per heavy atom. The van der Waals surface area contributed by atoms with Gasteiger partial charge in [0.2, 0.25) is 15.9 Å². The van der Waals surface area contributed by atoms with Crippen molar-refractivity contribution >= 4 is 49.0 Å². The molecule has 3 aromatic rings. The average molecular weight is 569 g/mol. The van der Waals surface area contributed by atoms with Gasteiger partial charge in [-0.1, -0.05) is 45.0 Å². The van der Waals surface area contributed by atoms with E-state index in [4.69, 9.17) is 0 Å². The topological polar surface area (TPSA) is 117 Å². The number of Topliss-reactive ketones (excluding diaryl/α,β-unsaturated/α-hetero) is 1. The Morgan fingerprint density at radius 1 is 1.18 bits per heavy atom. The molecule has 2 aliphatic heterocycles. The molecule has 0 saturated carbocycles. The van der Waals surface area contributed by atoms with Crippen molar-refractivity contribution in [2.24, 2.45) is 5.41 Å². The molecule has 2 saturated heterocycles. The fraction of sp³-hybridized carbons (Fsp3) is 0.429. The number of benzene rings is 1. The summed E-state index contributed by atoms with van der Waals surface area (Å²) in [6.45, 7) is 5.94. The minimum absolute atomic E-state index is 0.247. The smallest absolute Gasteiger partial charge is 0.253 e. The number of pyridine rings is 1. The Hall–Kier alpha value is -3.15. The van der Waals surface area contributed by atoms with Crippen molar-refractivity contribution < 1.29 is 22.8 Å². The zero-order chi connectivity index (χ0) is 27.9. The van der Waals surface area contributed by atoms with Crippen LogP contribution in [0.15, 0.2) is 54.2 Å². The van der Waals surface area contributed by atoms with Gasteiger partial charge in [-0.25, -0.2) is 8.42 Å². The molecule has 1 aromatic carbocycles. The number of ketones is 1. The second-order valence-corrected chi connectivity index (χ2v) is 14.2. The van der Waals surface area contributed by atoms with Gasteiger partial charge in [-0.3, -0.25) is 19.4 Å². The second-order valence-electron chi connectivity index (χ2n) is 11.4. The van der Waals surface area contributed by atoms with Crippen LogP contribution in [0.2, 0.25) is 0 Å². The van der Waals surface area contributed by atoms with Gasteiger partial charge >= 0.3 is 0 Å². The summed E-state index contributed by atoms with van der Waals surface area (Å²) in [5, 5.41) is 5.55. The molecular formula is C28H32N4O5S2. The first-order chi connectivity index (χ1) is 18.4. The van der Waals surface area contributed by atoms with Gasteiger partial charge in [-0.2, -0.15) is 4.31 Å². The number of sulfonamides is 1. The van der Waals surface area contributed by atoms with E-state index in [1.807, 2.05) is 45.0 Å². The summed E-state index contributed by atoms with van der Waals surface area (Å²) in [5.74, 6) is -1.26. The third-order valence-electron chi connectivity index (χ3n) is 7.24. The maximum atomic E-state index is 13.9. The summed E-state index contributed by atoms with van der Waals surface area (Å²) in [5.41, 5.74) is 0.752. The number of amides is 2. The Kier molecular flexibility index (Phi) is 7.34. The Balaban J connectivity index is 1.36. The number of fused-ring (bicyclic) bond motifs is 2. The number of rotatable bonds is 7. The molecule has 4 heterocycles. The summed E-state index contributed by atoms with van der Waals surface area (Å²) >= 11 is 1.46. The molecule has 1 N–H and O–H groups in total. The van der Waals surface area contributed by atoms with E-state index < -0.39 is 28.1 Å². The van der Waals surface area contributed by atoms with Crippen molar-refractivity contribution in [2.75, 3.05) is 13.1 Å². The number of hydrogen-bond donors (Lipinski definition) is 1. The third-order valence-corrected chi connectivity index (χ3v) is 10.0. The number of thiophene rings is 1. The highest BCUT2D eigenvalue weighted by Gasteiger charge is 2.54. The number of carbonyl (C=O) groups excluding carboxylic acids is 3. The number of nitrogens with one attached hydrogen (secondary N) is 1. The van der Waals surface area contributed by atoms with Gasteiger partial charge in [0.05, 0.1) is 23.9 Å². The van der Waals surface area contributed by atoms with Crippen LogP contribution in [0.5, 0.6) is 0 Å². The molecule has 3 atom stereocenters. The highest BCUT2D eigenvalue weighted by atomic mass is 32.2. The number of aromatic nitrogens is 1. The van der Waals surface area contributed by atoms with Crippen molar-refractivity contribution in [1.82, 2.24) is 19.5 Å². The molecule has 3 unspecified atom stereocenters. The van der Waals surface area contributed by atoms with Crippen LogP contribution in [-0.4, -0.2) is 71.4 Å². The lowest BCUT2D eigenvalue weighted by Crippen LogP contribution is -2.53. The standard InChI is InChI=1S/C28H32N4O5S2/c1-28(2,3)13-21(30-26(34)20-16-38-24-9-5-4-8-19(20)24)27(35)31-12-10-22-25(31)23(33)15-32(22)39(36,37)17-18-7-6-11-29-14-18/h4-9,11,14,16,21-22,25H,10,12-13,15,17H2,1-3H3,(H,30,34). The van der Waals surface area contributed by atoms with E-state index >= 15 is 0 Å². The maximum Gasteiger partial charge on any atom is 0.253 e. The molecular weight excluding hydrogens is 536 g/mol. The lowest BCUT2D eigenvalue weighted by molar-refractivity contribution is -0.138. The van der Waals surface area contributed by atoms with Gasteiger partial charge in [0.15, 0.2) is 5.78 Å². The van der Waals surface area contributed by atoms with Crippen molar-refractivity contribution in [3.63, 3.8) is 0 Å². The number of hydrogen-bond acceptors (Lipinski definition) is 7. The summed E-state index contributed by atoms with van der Waals surface area (Å²) in [6, 6.07) is 8.62. The van der Waals surface area contributed by atoms with Crippen molar-refractivity contribution in [1.29, 1.82) is 0 Å². The molecule has 2 aliphatic rings. The van der Waals surface area contributed by atoms with Crippen LogP contribution in [0.3, 0.4) is 0 Å². The minimum Gasteiger partial charge on any atom is -0.340 e. The lowest BCUT2D eigenvalue weighted by atomic mass is 9.87. The van der Waals surface area contributed by atoms with E-state index in [1.54, 1.807) is 23.7 Å². The molecule has 11 heteroatoms. The van der Waals surface area contributed by atoms with Crippen molar-refractivity contribution in [3.8, 4) is 0 Å². The molecule has 5 rings (SSSR count). The summed E-state index contributed by atoms with van der Waals surface area (Å²) in [4.78, 5) is 45.9. The highest BCUT2D eigenvalue weighted by molar-refractivity contribution is 7.88. The van der Waals surface area contributed by atoms with Crippen LogP contribution in [0.1, 0.15) is 49.5 Å². The SMILES string of the molecule is CC(C)(C)CC(NC(=O)c1csc2ccccc12)C(=O)N1CCC2C1C(=O)CN2S(=O)(=O)Cc1cccnc1. The highest BCUT2D eigenvalue weighted by Crippen LogP contribution is 2.34. The normalized spacial score (nSPS) is 20.8. The minimum atomic E-state index is -3.80. The molecule has 206 valence electrons. The van der Waals surface area contributed by atoms with Gasteiger partial charge in [-0.05, 0) is 36.0 Å². The zero-order valence-electron chi connectivity index (χ0n) is 22.2. The van der Waals surface area contributed by atoms with Crippen LogP contribution in [0, 0.1) is 5.41 Å². The van der Waals surface area contributed by atoms with Gasteiger partial charge in [-0.15, -0.1) is 11.3 Å². The van der Waals surface area contributed by atoms with Gasteiger partial charge in [0.25, 0.3) is 5.91 Å². The van der Waals surface area contributed by atoms with Crippen molar-refractivity contribution in [3.05, 3.63) is 65.3 Å². The van der Waals surface area contributed by atoms with Crippen LogP contribution in [-0.2, 0) is 25.4 Å². The molecule has 0 bridgehead atoms. The van der Waals surface area contributed by atoms with Crippen LogP contribution >= 0.6 is 11.3 Å². The summed E-state index contributed by atoms with van der Waals surface area (Å²) in [7, 11) is -3.80. The summed E-state index contributed by atoms with van der Waals surface area (Å²) in [6.07, 6.45) is 3.79. The first kappa shape index (κ1) is 27.4. The summed E-state index contributed by atoms with van der Waals surface area (Å²) < 4.78 is 28.7. The second kappa shape index (κ2) is 10.4. The Bertz CT molecular complexity index is 1510. The zero-order valence-corrected chi connectivity index (χ0v) is 23.8. The number of nitrogens with zero attached hydrogens (tertiary/aromatic N) is 3. The number of likely N-dealkylation sites (tertiary alicyclic amines) is 1. The Morgan fingerprint density at radius 3 is 2.67 bits per heavy atom. The first-order valence-electron chi connectivity index (χ1n) is 12.9. The maximum absolute atomic E-state index is 13.9. The van der Waals surface area contributed by atoms with E-state index in [0.29, 0.717) is 24.0 Å². The van der Waals surface area contributed by atoms with Crippen LogP contribution in [0.25, 0.3) is 10.1 Å². The quantitative estimate of drug-likeness (QED) is 0.468. The predicted octanol–water partition coefficient (Wildman–Crippen LogP) is 3.22. The molecule has 2 fully saturated rings. The Labute approximate surface area is 232 Å². The van der Waals surface area contributed by atoms with E-state index in [-0.39, 0.29) is 41.9 Å². The van der Waals surface area contributed by atoms with Crippen molar-refractivity contribution in [2.45, 2.75) is 57.5 Å². The predicted molar refractivity (Wildman–Crippen MR) is 150 cm³/mol. The molecule has 0 aliphatic carbocycles. The van der Waals surface area contributed by atoms with Crippen LogP contribution < -0.4 is 5.32 Å². The average Bonchev–Trinajstić information content (AvgIpc) is 3.58. The number of carbonyl (C=O) groups is 3. The van der Waals surface area contributed by atoms with Gasteiger partial charge in [0, 0.05) is 34.4 Å². The molecule has 2 aromatic heterocycles. The molecule has 2 amide bonds. The molecule has 9 nitrogen and oxygen atoms in total. The van der Waals surface area contributed by atoms with E-state index in [9.17, 15) is 22.8 Å². The fourth-order valence-electron chi connectivity index (χ4n) is 5.56. The molecule has 39 heavy (non-hydrogen) atoms. The van der Waals surface area contributed by atoms with E-state index in [1.165, 1.54) is 26.7 Å². The largest absolute Gasteiger partial charge is 0.340 e. The lowest BCUT2D eigenvalue weighted by Gasteiger charge is -2.31. The van der Waals surface area contributed by atoms with E-state index in [2.05, 4.69) is 10.3 Å². The fourth-order valence-corrected chi connectivity index (χ4v) is 8.22. The van der Waals surface area contributed by atoms with Gasteiger partial charge in [0.1, 0.15) is 12.1 Å².